The van der Waals surface area contributed by atoms with Gasteiger partial charge in [-0.15, -0.1) is 0 Å². The van der Waals surface area contributed by atoms with E-state index in [2.05, 4.69) is 15.1 Å². The van der Waals surface area contributed by atoms with Gasteiger partial charge in [0.25, 0.3) is 0 Å². The first-order chi connectivity index (χ1) is 11.6. The number of nitrogens with zero attached hydrogens (tertiary/aromatic N) is 2. The van der Waals surface area contributed by atoms with E-state index in [0.717, 1.165) is 17.2 Å². The van der Waals surface area contributed by atoms with Crippen molar-refractivity contribution in [3.05, 3.63) is 35.8 Å². The van der Waals surface area contributed by atoms with Gasteiger partial charge in [0.05, 0.1) is 18.7 Å². The predicted molar refractivity (Wildman–Crippen MR) is 90.4 cm³/mol. The molecule has 124 valence electrons. The lowest BCUT2D eigenvalue weighted by molar-refractivity contribution is -0.119. The number of nitrogens with one attached hydrogen (secondary N) is 1. The van der Waals surface area contributed by atoms with Crippen molar-refractivity contribution in [3.8, 4) is 11.6 Å². The highest BCUT2D eigenvalue weighted by atomic mass is 16.5. The maximum atomic E-state index is 11.3. The molecule has 0 aliphatic carbocycles. The fourth-order valence-electron chi connectivity index (χ4n) is 2.70. The third-order valence-electron chi connectivity index (χ3n) is 3.80. The molecule has 6 nitrogen and oxygen atoms in total. The fourth-order valence-corrected chi connectivity index (χ4v) is 2.70. The maximum Gasteiger partial charge on any atom is 0.228 e. The number of amides is 1. The smallest absolute Gasteiger partial charge is 0.228 e. The lowest BCUT2D eigenvalue weighted by Gasteiger charge is -2.15. The average molecular weight is 325 g/mol. The molecule has 3 rings (SSSR count). The molecule has 1 aromatic heterocycles. The van der Waals surface area contributed by atoms with Crippen LogP contribution in [0.5, 0.6) is 11.6 Å². The van der Waals surface area contributed by atoms with Gasteiger partial charge in [-0.3, -0.25) is 4.79 Å². The Labute approximate surface area is 140 Å². The lowest BCUT2D eigenvalue weighted by atomic mass is 10.1. The van der Waals surface area contributed by atoms with Crippen LogP contribution in [0.4, 0.5) is 5.69 Å². The molecule has 1 saturated heterocycles. The van der Waals surface area contributed by atoms with Gasteiger partial charge in [0, 0.05) is 18.0 Å². The van der Waals surface area contributed by atoms with E-state index in [1.54, 1.807) is 18.3 Å². The molecule has 1 aliphatic heterocycles. The first-order valence-corrected chi connectivity index (χ1v) is 7.96. The van der Waals surface area contributed by atoms with Crippen molar-refractivity contribution in [1.29, 1.82) is 0 Å². The molecule has 6 heteroatoms. The van der Waals surface area contributed by atoms with Crippen molar-refractivity contribution < 1.29 is 14.3 Å². The molecule has 1 amide bonds. The topological polar surface area (TPSA) is 64.8 Å². The minimum atomic E-state index is -0.0299. The van der Waals surface area contributed by atoms with Crippen molar-refractivity contribution in [2.75, 3.05) is 6.61 Å². The Morgan fingerprint density at radius 3 is 2.96 bits per heavy atom. The van der Waals surface area contributed by atoms with Gasteiger partial charge < -0.3 is 14.8 Å². The molecule has 2 aromatic rings. The molecule has 2 heterocycles. The number of pyridine rings is 1. The molecule has 1 fully saturated rings. The highest BCUT2D eigenvalue weighted by Crippen LogP contribution is 2.36. The zero-order chi connectivity index (χ0) is 17.1. The highest BCUT2D eigenvalue weighted by molar-refractivity contribution is 5.92. The number of carbonyl (C=O) groups is 1. The van der Waals surface area contributed by atoms with E-state index in [-0.39, 0.29) is 18.1 Å². The molecule has 1 atom stereocenters. The van der Waals surface area contributed by atoms with Crippen LogP contribution >= 0.6 is 0 Å². The van der Waals surface area contributed by atoms with Crippen LogP contribution in [-0.2, 0) is 4.79 Å². The van der Waals surface area contributed by atoms with Gasteiger partial charge in [0.1, 0.15) is 12.4 Å². The standard InChI is InChI=1S/C18H19N3O3/c1-11(2)24-16-9-14-12(8-15(16)19-3)6-7-20-18(14)23-10-13-4-5-17(22)21-13/h6-9,11,13H,4-5,10H2,1-2H3,(H,21,22)/t13-/m0/s1. The molecule has 0 unspecified atom stereocenters. The van der Waals surface area contributed by atoms with Crippen LogP contribution in [0, 0.1) is 6.57 Å². The van der Waals surface area contributed by atoms with E-state index < -0.39 is 0 Å². The summed E-state index contributed by atoms with van der Waals surface area (Å²) < 4.78 is 11.6. The first kappa shape index (κ1) is 16.1. The van der Waals surface area contributed by atoms with E-state index in [1.165, 1.54) is 0 Å². The number of carbonyl (C=O) groups excluding carboxylic acids is 1. The van der Waals surface area contributed by atoms with Crippen LogP contribution in [0.2, 0.25) is 0 Å². The minimum Gasteiger partial charge on any atom is -0.502 e. The molecular weight excluding hydrogens is 306 g/mol. The number of aromatic nitrogens is 1. The van der Waals surface area contributed by atoms with Crippen LogP contribution in [0.3, 0.4) is 0 Å². The molecule has 0 spiro atoms. The van der Waals surface area contributed by atoms with Crippen LogP contribution < -0.4 is 14.8 Å². The van der Waals surface area contributed by atoms with Crippen LogP contribution in [-0.4, -0.2) is 29.6 Å². The average Bonchev–Trinajstić information content (AvgIpc) is 2.97. The lowest BCUT2D eigenvalue weighted by Crippen LogP contribution is -2.31. The molecule has 0 radical (unpaired) electrons. The highest BCUT2D eigenvalue weighted by Gasteiger charge is 2.21. The molecule has 0 bridgehead atoms. The summed E-state index contributed by atoms with van der Waals surface area (Å²) in [6.45, 7) is 11.5. The second kappa shape index (κ2) is 6.75. The van der Waals surface area contributed by atoms with Crippen molar-refractivity contribution in [2.24, 2.45) is 0 Å². The summed E-state index contributed by atoms with van der Waals surface area (Å²) in [5.74, 6) is 1.07. The summed E-state index contributed by atoms with van der Waals surface area (Å²) >= 11 is 0. The predicted octanol–water partition coefficient (Wildman–Crippen LogP) is 3.23. The maximum absolute atomic E-state index is 11.3. The van der Waals surface area contributed by atoms with Crippen LogP contribution in [0.15, 0.2) is 24.4 Å². The SMILES string of the molecule is [C-]#[N+]c1cc2ccnc(OC[C@@H]3CCC(=O)N3)c2cc1OC(C)C. The van der Waals surface area contributed by atoms with Crippen molar-refractivity contribution in [2.45, 2.75) is 38.8 Å². The van der Waals surface area contributed by atoms with Gasteiger partial charge in [0.15, 0.2) is 0 Å². The van der Waals surface area contributed by atoms with Crippen molar-refractivity contribution >= 4 is 22.4 Å². The summed E-state index contributed by atoms with van der Waals surface area (Å²) in [6.07, 6.45) is 2.93. The summed E-state index contributed by atoms with van der Waals surface area (Å²) in [6, 6.07) is 5.45. The third-order valence-corrected chi connectivity index (χ3v) is 3.80. The number of hydrogen-bond acceptors (Lipinski definition) is 4. The zero-order valence-electron chi connectivity index (χ0n) is 13.7. The number of fused-ring (bicyclic) bond motifs is 1. The van der Waals surface area contributed by atoms with Gasteiger partial charge in [-0.1, -0.05) is 0 Å². The van der Waals surface area contributed by atoms with Crippen molar-refractivity contribution in [3.63, 3.8) is 0 Å². The van der Waals surface area contributed by atoms with Gasteiger partial charge in [0.2, 0.25) is 17.5 Å². The Balaban J connectivity index is 1.90. The quantitative estimate of drug-likeness (QED) is 0.857. The molecule has 24 heavy (non-hydrogen) atoms. The number of rotatable bonds is 5. The largest absolute Gasteiger partial charge is 0.502 e. The summed E-state index contributed by atoms with van der Waals surface area (Å²) in [5, 5.41) is 4.54. The van der Waals surface area contributed by atoms with E-state index in [9.17, 15) is 4.79 Å². The monoisotopic (exact) mass is 325 g/mol. The number of benzene rings is 1. The first-order valence-electron chi connectivity index (χ1n) is 7.96. The molecule has 1 aliphatic rings. The molecule has 0 saturated carbocycles. The van der Waals surface area contributed by atoms with Crippen LogP contribution in [0.1, 0.15) is 26.7 Å². The van der Waals surface area contributed by atoms with E-state index in [1.807, 2.05) is 19.9 Å². The minimum absolute atomic E-state index is 0.0171. The fraction of sp³-hybridized carbons (Fsp3) is 0.389. The summed E-state index contributed by atoms with van der Waals surface area (Å²) in [7, 11) is 0. The van der Waals surface area contributed by atoms with Crippen molar-refractivity contribution in [1.82, 2.24) is 10.3 Å². The second-order valence-corrected chi connectivity index (χ2v) is 6.05. The molecule has 1 N–H and O–H groups in total. The van der Waals surface area contributed by atoms with Gasteiger partial charge >= 0.3 is 0 Å². The third kappa shape index (κ3) is 3.40. The Hall–Kier alpha value is -2.81. The molecular formula is C18H19N3O3. The van der Waals surface area contributed by atoms with E-state index in [4.69, 9.17) is 16.0 Å². The second-order valence-electron chi connectivity index (χ2n) is 6.05. The Bertz CT molecular complexity index is 811. The number of ether oxygens (including phenoxy) is 2. The molecule has 1 aromatic carbocycles. The summed E-state index contributed by atoms with van der Waals surface area (Å²) in [5.41, 5.74) is 0.469. The number of hydrogen-bond donors (Lipinski definition) is 1. The van der Waals surface area contributed by atoms with E-state index in [0.29, 0.717) is 30.3 Å². The van der Waals surface area contributed by atoms with E-state index >= 15 is 0 Å². The summed E-state index contributed by atoms with van der Waals surface area (Å²) in [4.78, 5) is 19.1. The Morgan fingerprint density at radius 1 is 1.46 bits per heavy atom. The van der Waals surface area contributed by atoms with Crippen LogP contribution in [0.25, 0.3) is 15.6 Å². The van der Waals surface area contributed by atoms with Gasteiger partial charge in [-0.2, -0.15) is 0 Å². The normalized spacial score (nSPS) is 16.9. The van der Waals surface area contributed by atoms with Gasteiger partial charge in [-0.25, -0.2) is 9.83 Å². The zero-order valence-corrected chi connectivity index (χ0v) is 13.7. The Morgan fingerprint density at radius 2 is 2.29 bits per heavy atom. The Kier molecular flexibility index (Phi) is 4.52. The van der Waals surface area contributed by atoms with Gasteiger partial charge in [-0.05, 0) is 43.9 Å².